The van der Waals surface area contributed by atoms with E-state index in [1.807, 2.05) is 84.9 Å². The van der Waals surface area contributed by atoms with Crippen molar-refractivity contribution in [2.75, 3.05) is 0 Å². The summed E-state index contributed by atoms with van der Waals surface area (Å²) in [5.74, 6) is 1.99. The van der Waals surface area contributed by atoms with Crippen LogP contribution in [0.2, 0.25) is 0 Å². The Bertz CT molecular complexity index is 937. The molecule has 3 aromatic carbocycles. The van der Waals surface area contributed by atoms with Crippen molar-refractivity contribution in [3.63, 3.8) is 0 Å². The maximum atomic E-state index is 6.00. The highest BCUT2D eigenvalue weighted by Crippen LogP contribution is 2.29. The third-order valence-corrected chi connectivity index (χ3v) is 3.56. The van der Waals surface area contributed by atoms with Crippen LogP contribution in [-0.4, -0.2) is 9.97 Å². The van der Waals surface area contributed by atoms with Crippen LogP contribution >= 0.6 is 0 Å². The normalized spacial score (nSPS) is 10.6. The Morgan fingerprint density at radius 3 is 2.04 bits per heavy atom. The van der Waals surface area contributed by atoms with Gasteiger partial charge in [-0.15, -0.1) is 0 Å². The van der Waals surface area contributed by atoms with Crippen LogP contribution in [0.25, 0.3) is 22.3 Å². The van der Waals surface area contributed by atoms with E-state index in [0.717, 1.165) is 22.2 Å². The first kappa shape index (κ1) is 13.5. The molecule has 110 valence electrons. The number of hydrogen-bond donors (Lipinski definition) is 0. The molecule has 1 heterocycles. The van der Waals surface area contributed by atoms with Crippen molar-refractivity contribution in [1.82, 2.24) is 9.97 Å². The highest BCUT2D eigenvalue weighted by molar-refractivity contribution is 5.85. The van der Waals surface area contributed by atoms with Gasteiger partial charge in [0.15, 0.2) is 5.82 Å². The smallest absolute Gasteiger partial charge is 0.230 e. The summed E-state index contributed by atoms with van der Waals surface area (Å²) in [4.78, 5) is 9.29. The Morgan fingerprint density at radius 2 is 1.26 bits per heavy atom. The minimum Gasteiger partial charge on any atom is -0.438 e. The SMILES string of the molecule is c1ccc(Oc2nc(-c3ccccc3)nc3ccccc23)cc1. The summed E-state index contributed by atoms with van der Waals surface area (Å²) >= 11 is 0. The first-order valence-electron chi connectivity index (χ1n) is 7.45. The molecule has 3 nitrogen and oxygen atoms in total. The minimum absolute atomic E-state index is 0.570. The third kappa shape index (κ3) is 2.77. The summed E-state index contributed by atoms with van der Waals surface area (Å²) in [7, 11) is 0. The number of fused-ring (bicyclic) bond motifs is 1. The summed E-state index contributed by atoms with van der Waals surface area (Å²) < 4.78 is 6.00. The van der Waals surface area contributed by atoms with Crippen molar-refractivity contribution >= 4 is 10.9 Å². The van der Waals surface area contributed by atoms with Gasteiger partial charge in [-0.1, -0.05) is 60.7 Å². The van der Waals surface area contributed by atoms with Crippen LogP contribution in [0.3, 0.4) is 0 Å². The van der Waals surface area contributed by atoms with Crippen LogP contribution in [0.4, 0.5) is 0 Å². The van der Waals surface area contributed by atoms with Gasteiger partial charge in [0, 0.05) is 5.56 Å². The van der Waals surface area contributed by atoms with E-state index in [2.05, 4.69) is 9.97 Å². The number of hydrogen-bond acceptors (Lipinski definition) is 3. The fraction of sp³-hybridized carbons (Fsp3) is 0. The van der Waals surface area contributed by atoms with Gasteiger partial charge in [0.05, 0.1) is 10.9 Å². The van der Waals surface area contributed by atoms with Crippen LogP contribution < -0.4 is 4.74 Å². The quantitative estimate of drug-likeness (QED) is 0.528. The molecule has 23 heavy (non-hydrogen) atoms. The molecule has 0 amide bonds. The second-order valence-electron chi connectivity index (χ2n) is 5.15. The number of ether oxygens (including phenoxy) is 1. The molecule has 0 bridgehead atoms. The van der Waals surface area contributed by atoms with Crippen LogP contribution in [0.15, 0.2) is 84.9 Å². The topological polar surface area (TPSA) is 35.0 Å². The summed E-state index contributed by atoms with van der Waals surface area (Å²) in [5, 5.41) is 0.899. The van der Waals surface area contributed by atoms with Crippen LogP contribution in [0.5, 0.6) is 11.6 Å². The maximum absolute atomic E-state index is 6.00. The van der Waals surface area contributed by atoms with Gasteiger partial charge < -0.3 is 4.74 Å². The molecule has 0 saturated carbocycles. The number of nitrogens with zero attached hydrogens (tertiary/aromatic N) is 2. The molecule has 0 fully saturated rings. The van der Waals surface area contributed by atoms with Gasteiger partial charge in [-0.05, 0) is 24.3 Å². The average molecular weight is 298 g/mol. The summed E-state index contributed by atoms with van der Waals surface area (Å²) in [6.45, 7) is 0. The fourth-order valence-corrected chi connectivity index (χ4v) is 2.44. The highest BCUT2D eigenvalue weighted by Gasteiger charge is 2.10. The standard InChI is InChI=1S/C20H14N2O/c1-3-9-15(10-4-1)19-21-18-14-8-7-13-17(18)20(22-19)23-16-11-5-2-6-12-16/h1-14H. The Kier molecular flexibility index (Phi) is 3.45. The molecule has 3 heteroatoms. The zero-order valence-corrected chi connectivity index (χ0v) is 12.4. The lowest BCUT2D eigenvalue weighted by Crippen LogP contribution is -1.95. The molecule has 0 unspecified atom stereocenters. The fourth-order valence-electron chi connectivity index (χ4n) is 2.44. The van der Waals surface area contributed by atoms with Gasteiger partial charge in [0.1, 0.15) is 5.75 Å². The number of benzene rings is 3. The lowest BCUT2D eigenvalue weighted by molar-refractivity contribution is 0.469. The predicted octanol–water partition coefficient (Wildman–Crippen LogP) is 5.09. The monoisotopic (exact) mass is 298 g/mol. The van der Waals surface area contributed by atoms with E-state index in [0.29, 0.717) is 11.7 Å². The van der Waals surface area contributed by atoms with Crippen molar-refractivity contribution in [2.24, 2.45) is 0 Å². The molecule has 0 N–H and O–H groups in total. The first-order chi connectivity index (χ1) is 11.4. The Hall–Kier alpha value is -3.20. The lowest BCUT2D eigenvalue weighted by Gasteiger charge is -2.10. The van der Waals surface area contributed by atoms with E-state index in [9.17, 15) is 0 Å². The van der Waals surface area contributed by atoms with Crippen LogP contribution in [0.1, 0.15) is 0 Å². The second kappa shape index (κ2) is 5.89. The van der Waals surface area contributed by atoms with Gasteiger partial charge >= 0.3 is 0 Å². The van der Waals surface area contributed by atoms with Gasteiger partial charge in [-0.3, -0.25) is 0 Å². The van der Waals surface area contributed by atoms with E-state index in [4.69, 9.17) is 4.74 Å². The molecule has 0 aliphatic carbocycles. The molecular formula is C20H14N2O. The maximum Gasteiger partial charge on any atom is 0.230 e. The third-order valence-electron chi connectivity index (χ3n) is 3.56. The number of aromatic nitrogens is 2. The second-order valence-corrected chi connectivity index (χ2v) is 5.15. The molecule has 1 aromatic heterocycles. The largest absolute Gasteiger partial charge is 0.438 e. The molecule has 0 aliphatic rings. The predicted molar refractivity (Wildman–Crippen MR) is 91.5 cm³/mol. The highest BCUT2D eigenvalue weighted by atomic mass is 16.5. The number of para-hydroxylation sites is 2. The molecule has 0 spiro atoms. The molecule has 4 aromatic rings. The summed E-state index contributed by atoms with van der Waals surface area (Å²) in [6.07, 6.45) is 0. The van der Waals surface area contributed by atoms with Crippen molar-refractivity contribution in [3.8, 4) is 23.0 Å². The molecule has 0 radical (unpaired) electrons. The van der Waals surface area contributed by atoms with E-state index in [1.54, 1.807) is 0 Å². The van der Waals surface area contributed by atoms with Crippen molar-refractivity contribution in [3.05, 3.63) is 84.9 Å². The van der Waals surface area contributed by atoms with Crippen molar-refractivity contribution in [2.45, 2.75) is 0 Å². The van der Waals surface area contributed by atoms with Gasteiger partial charge in [-0.25, -0.2) is 4.98 Å². The molecule has 0 atom stereocenters. The van der Waals surface area contributed by atoms with E-state index >= 15 is 0 Å². The Labute approximate surface area is 134 Å². The van der Waals surface area contributed by atoms with Crippen molar-refractivity contribution in [1.29, 1.82) is 0 Å². The zero-order chi connectivity index (χ0) is 15.5. The van der Waals surface area contributed by atoms with Gasteiger partial charge in [-0.2, -0.15) is 4.98 Å². The molecule has 0 saturated heterocycles. The first-order valence-corrected chi connectivity index (χ1v) is 7.45. The van der Waals surface area contributed by atoms with E-state index in [-0.39, 0.29) is 0 Å². The molecular weight excluding hydrogens is 284 g/mol. The Balaban J connectivity index is 1.87. The Morgan fingerprint density at radius 1 is 0.609 bits per heavy atom. The van der Waals surface area contributed by atoms with Crippen LogP contribution in [-0.2, 0) is 0 Å². The average Bonchev–Trinajstić information content (AvgIpc) is 2.63. The van der Waals surface area contributed by atoms with Gasteiger partial charge in [0.2, 0.25) is 5.88 Å². The number of rotatable bonds is 3. The molecule has 0 aliphatic heterocycles. The van der Waals surface area contributed by atoms with E-state index < -0.39 is 0 Å². The molecule has 4 rings (SSSR count). The van der Waals surface area contributed by atoms with E-state index in [1.165, 1.54) is 0 Å². The van der Waals surface area contributed by atoms with Crippen molar-refractivity contribution < 1.29 is 4.74 Å². The lowest BCUT2D eigenvalue weighted by atomic mass is 10.2. The van der Waals surface area contributed by atoms with Gasteiger partial charge in [0.25, 0.3) is 0 Å². The summed E-state index contributed by atoms with van der Waals surface area (Å²) in [5.41, 5.74) is 1.84. The minimum atomic E-state index is 0.570. The zero-order valence-electron chi connectivity index (χ0n) is 12.4. The summed E-state index contributed by atoms with van der Waals surface area (Å²) in [6, 6.07) is 27.5. The van der Waals surface area contributed by atoms with Crippen LogP contribution in [0, 0.1) is 0 Å².